The SMILES string of the molecule is CCOCC(N)c1noc(Cc2ccccc2Cl)n1. The molecule has 2 N–H and O–H groups in total. The molecule has 0 saturated carbocycles. The predicted molar refractivity (Wildman–Crippen MR) is 72.0 cm³/mol. The molecule has 1 atom stereocenters. The molecule has 0 radical (unpaired) electrons. The maximum atomic E-state index is 6.08. The van der Waals surface area contributed by atoms with Crippen LogP contribution in [0.15, 0.2) is 28.8 Å². The Kier molecular flexibility index (Phi) is 4.90. The largest absolute Gasteiger partial charge is 0.380 e. The molecular formula is C13H16ClN3O2. The maximum Gasteiger partial charge on any atom is 0.231 e. The van der Waals surface area contributed by atoms with Crippen LogP contribution in [0.5, 0.6) is 0 Å². The molecule has 1 heterocycles. The number of nitrogens with two attached hydrogens (primary N) is 1. The molecule has 0 aliphatic carbocycles. The van der Waals surface area contributed by atoms with Crippen LogP contribution < -0.4 is 5.73 Å². The van der Waals surface area contributed by atoms with Gasteiger partial charge in [0.2, 0.25) is 5.89 Å². The van der Waals surface area contributed by atoms with Gasteiger partial charge >= 0.3 is 0 Å². The van der Waals surface area contributed by atoms with Crippen molar-refractivity contribution in [2.45, 2.75) is 19.4 Å². The Morgan fingerprint density at radius 2 is 2.21 bits per heavy atom. The van der Waals surface area contributed by atoms with Gasteiger partial charge in [0.15, 0.2) is 5.82 Å². The average Bonchev–Trinajstić information content (AvgIpc) is 2.87. The van der Waals surface area contributed by atoms with Gasteiger partial charge in [-0.2, -0.15) is 4.98 Å². The first-order chi connectivity index (χ1) is 9.20. The van der Waals surface area contributed by atoms with Crippen LogP contribution in [0.25, 0.3) is 0 Å². The minimum Gasteiger partial charge on any atom is -0.380 e. The Balaban J connectivity index is 2.03. The van der Waals surface area contributed by atoms with Crippen molar-refractivity contribution < 1.29 is 9.26 Å². The van der Waals surface area contributed by atoms with Crippen LogP contribution in [0.2, 0.25) is 5.02 Å². The highest BCUT2D eigenvalue weighted by Gasteiger charge is 2.15. The van der Waals surface area contributed by atoms with Crippen molar-refractivity contribution in [1.29, 1.82) is 0 Å². The average molecular weight is 282 g/mol. The molecule has 102 valence electrons. The van der Waals surface area contributed by atoms with E-state index in [-0.39, 0.29) is 6.04 Å². The molecular weight excluding hydrogens is 266 g/mol. The first kappa shape index (κ1) is 14.0. The van der Waals surface area contributed by atoms with Crippen LogP contribution in [0.3, 0.4) is 0 Å². The lowest BCUT2D eigenvalue weighted by Gasteiger charge is -2.05. The lowest BCUT2D eigenvalue weighted by atomic mass is 10.1. The molecule has 0 saturated heterocycles. The molecule has 5 nitrogen and oxygen atoms in total. The standard InChI is InChI=1S/C13H16ClN3O2/c1-2-18-8-11(15)13-16-12(19-17-13)7-9-5-3-4-6-10(9)14/h3-6,11H,2,7-8,15H2,1H3. The van der Waals surface area contributed by atoms with Crippen LogP contribution in [0.1, 0.15) is 30.2 Å². The van der Waals surface area contributed by atoms with Crippen molar-refractivity contribution in [1.82, 2.24) is 10.1 Å². The highest BCUT2D eigenvalue weighted by atomic mass is 35.5. The Morgan fingerprint density at radius 1 is 1.42 bits per heavy atom. The van der Waals surface area contributed by atoms with Crippen LogP contribution in [-0.2, 0) is 11.2 Å². The summed E-state index contributed by atoms with van der Waals surface area (Å²) in [7, 11) is 0. The molecule has 0 bridgehead atoms. The van der Waals surface area contributed by atoms with E-state index in [1.165, 1.54) is 0 Å². The van der Waals surface area contributed by atoms with E-state index in [9.17, 15) is 0 Å². The van der Waals surface area contributed by atoms with E-state index in [4.69, 9.17) is 26.6 Å². The van der Waals surface area contributed by atoms with Gasteiger partial charge in [-0.15, -0.1) is 0 Å². The summed E-state index contributed by atoms with van der Waals surface area (Å²) in [6.07, 6.45) is 0.494. The Labute approximate surface area is 116 Å². The van der Waals surface area contributed by atoms with Crippen LogP contribution in [0, 0.1) is 0 Å². The lowest BCUT2D eigenvalue weighted by Crippen LogP contribution is -2.18. The minimum absolute atomic E-state index is 0.372. The topological polar surface area (TPSA) is 74.2 Å². The van der Waals surface area contributed by atoms with Gasteiger partial charge in [-0.05, 0) is 18.6 Å². The maximum absolute atomic E-state index is 6.08. The summed E-state index contributed by atoms with van der Waals surface area (Å²) in [5.74, 6) is 0.950. The molecule has 2 rings (SSSR count). The second-order valence-corrected chi connectivity index (χ2v) is 4.49. The van der Waals surface area contributed by atoms with Crippen molar-refractivity contribution in [2.24, 2.45) is 5.73 Å². The van der Waals surface area contributed by atoms with Gasteiger partial charge < -0.3 is 15.0 Å². The number of aromatic nitrogens is 2. The molecule has 19 heavy (non-hydrogen) atoms. The van der Waals surface area contributed by atoms with Gasteiger partial charge in [-0.1, -0.05) is 35.0 Å². The zero-order valence-corrected chi connectivity index (χ0v) is 11.4. The molecule has 1 aromatic carbocycles. The zero-order valence-electron chi connectivity index (χ0n) is 10.7. The van der Waals surface area contributed by atoms with Gasteiger partial charge in [0.25, 0.3) is 0 Å². The smallest absolute Gasteiger partial charge is 0.231 e. The summed E-state index contributed by atoms with van der Waals surface area (Å²) < 4.78 is 10.4. The first-order valence-electron chi connectivity index (χ1n) is 6.10. The third-order valence-corrected chi connectivity index (χ3v) is 2.99. The predicted octanol–water partition coefficient (Wildman–Crippen LogP) is 2.35. The van der Waals surface area contributed by atoms with E-state index in [0.717, 1.165) is 5.56 Å². The highest BCUT2D eigenvalue weighted by Crippen LogP contribution is 2.18. The molecule has 1 unspecified atom stereocenters. The number of hydrogen-bond acceptors (Lipinski definition) is 5. The van der Waals surface area contributed by atoms with Gasteiger partial charge in [-0.25, -0.2) is 0 Å². The van der Waals surface area contributed by atoms with Crippen molar-refractivity contribution >= 4 is 11.6 Å². The van der Waals surface area contributed by atoms with Crippen LogP contribution >= 0.6 is 11.6 Å². The van der Waals surface area contributed by atoms with Crippen molar-refractivity contribution in [3.05, 3.63) is 46.6 Å². The summed E-state index contributed by atoms with van der Waals surface area (Å²) in [6.45, 7) is 2.89. The second-order valence-electron chi connectivity index (χ2n) is 4.08. The van der Waals surface area contributed by atoms with Crippen molar-refractivity contribution in [2.75, 3.05) is 13.2 Å². The Bertz CT molecular complexity index is 530. The fraction of sp³-hybridized carbons (Fsp3) is 0.385. The van der Waals surface area contributed by atoms with Crippen LogP contribution in [0.4, 0.5) is 0 Å². The second kappa shape index (κ2) is 6.65. The summed E-state index contributed by atoms with van der Waals surface area (Å²) in [4.78, 5) is 4.26. The Hall–Kier alpha value is -1.43. The number of benzene rings is 1. The fourth-order valence-electron chi connectivity index (χ4n) is 1.61. The van der Waals surface area contributed by atoms with Gasteiger partial charge in [0, 0.05) is 11.6 Å². The van der Waals surface area contributed by atoms with E-state index in [1.807, 2.05) is 31.2 Å². The summed E-state index contributed by atoms with van der Waals surface area (Å²) in [5.41, 5.74) is 6.82. The van der Waals surface area contributed by atoms with E-state index < -0.39 is 0 Å². The zero-order chi connectivity index (χ0) is 13.7. The van der Waals surface area contributed by atoms with Gasteiger partial charge in [0.05, 0.1) is 19.1 Å². The monoisotopic (exact) mass is 281 g/mol. The lowest BCUT2D eigenvalue weighted by molar-refractivity contribution is 0.130. The highest BCUT2D eigenvalue weighted by molar-refractivity contribution is 6.31. The fourth-order valence-corrected chi connectivity index (χ4v) is 1.82. The number of hydrogen-bond donors (Lipinski definition) is 1. The summed E-state index contributed by atoms with van der Waals surface area (Å²) >= 11 is 6.08. The number of halogens is 1. The quantitative estimate of drug-likeness (QED) is 0.880. The third kappa shape index (κ3) is 3.76. The third-order valence-electron chi connectivity index (χ3n) is 2.62. The van der Waals surface area contributed by atoms with Gasteiger partial charge in [-0.3, -0.25) is 0 Å². The molecule has 1 aromatic heterocycles. The molecule has 0 amide bonds. The van der Waals surface area contributed by atoms with Crippen LogP contribution in [-0.4, -0.2) is 23.4 Å². The van der Waals surface area contributed by atoms with E-state index in [1.54, 1.807) is 0 Å². The minimum atomic E-state index is -0.372. The van der Waals surface area contributed by atoms with Crippen molar-refractivity contribution in [3.8, 4) is 0 Å². The van der Waals surface area contributed by atoms with E-state index in [0.29, 0.717) is 36.4 Å². The number of ether oxygens (including phenoxy) is 1. The number of rotatable bonds is 6. The van der Waals surface area contributed by atoms with Gasteiger partial charge in [0.1, 0.15) is 0 Å². The molecule has 2 aromatic rings. The molecule has 6 heteroatoms. The van der Waals surface area contributed by atoms with Crippen molar-refractivity contribution in [3.63, 3.8) is 0 Å². The molecule has 0 spiro atoms. The molecule has 0 fully saturated rings. The first-order valence-corrected chi connectivity index (χ1v) is 6.47. The number of nitrogens with zero attached hydrogens (tertiary/aromatic N) is 2. The van der Waals surface area contributed by atoms with E-state index >= 15 is 0 Å². The Morgan fingerprint density at radius 3 is 2.95 bits per heavy atom. The van der Waals surface area contributed by atoms with E-state index in [2.05, 4.69) is 10.1 Å². The summed E-state index contributed by atoms with van der Waals surface area (Å²) in [5, 5.41) is 4.54. The summed E-state index contributed by atoms with van der Waals surface area (Å²) in [6, 6.07) is 7.17. The molecule has 0 aliphatic rings. The molecule has 0 aliphatic heterocycles. The normalized spacial score (nSPS) is 12.6.